The van der Waals surface area contributed by atoms with E-state index in [1.165, 1.54) is 51.1 Å². The van der Waals surface area contributed by atoms with E-state index in [9.17, 15) is 34.5 Å². The average Bonchev–Trinajstić information content (AvgIpc) is 2.72. The van der Waals surface area contributed by atoms with Crippen LogP contribution in [0.1, 0.15) is 40.0 Å². The van der Waals surface area contributed by atoms with Crippen LogP contribution in [0.15, 0.2) is 39.5 Å². The molecule has 0 aliphatic heterocycles. The van der Waals surface area contributed by atoms with E-state index in [1.807, 2.05) is 0 Å². The van der Waals surface area contributed by atoms with Gasteiger partial charge in [0.2, 0.25) is 0 Å². The van der Waals surface area contributed by atoms with Crippen molar-refractivity contribution in [3.8, 4) is 17.2 Å². The number of fused-ring (bicyclic) bond motifs is 3. The molecule has 2 aromatic carbocycles. The van der Waals surface area contributed by atoms with Crippen molar-refractivity contribution in [3.63, 3.8) is 0 Å². The lowest BCUT2D eigenvalue weighted by Crippen LogP contribution is -2.18. The molecule has 0 unspecified atom stereocenters. The molecule has 1 heterocycles. The highest BCUT2D eigenvalue weighted by Crippen LogP contribution is 2.36. The highest BCUT2D eigenvalue weighted by molar-refractivity contribution is 6.06. The molecule has 11 nitrogen and oxygen atoms in total. The predicted molar refractivity (Wildman–Crippen MR) is 126 cm³/mol. The molecule has 192 valence electrons. The van der Waals surface area contributed by atoms with Crippen LogP contribution in [0.25, 0.3) is 21.7 Å². The molecular weight excluding hydrogens is 476 g/mol. The molecule has 0 aliphatic carbocycles. The number of aliphatic hydroxyl groups is 3. The standard InChI is InChI=1S/C25H26O11/c1-12(26)6-22(29)33-15-4-5-16-17-10-20(34-23(30)7-13(2)27)21(35-24(31)8-14(3)28)11-18(17)25(32)36-19(16)9-15/h4-5,9-14,26-28H,6-8H2,1-3H3/t12-,13-,14-/m1/s1. The van der Waals surface area contributed by atoms with Gasteiger partial charge >= 0.3 is 23.5 Å². The number of esters is 3. The Kier molecular flexibility index (Phi) is 8.41. The first kappa shape index (κ1) is 26.8. The highest BCUT2D eigenvalue weighted by Gasteiger charge is 2.20. The van der Waals surface area contributed by atoms with E-state index in [1.54, 1.807) is 0 Å². The van der Waals surface area contributed by atoms with Crippen LogP contribution in [-0.4, -0.2) is 51.5 Å². The molecule has 1 aromatic heterocycles. The fourth-order valence-corrected chi connectivity index (χ4v) is 3.36. The van der Waals surface area contributed by atoms with Gasteiger partial charge in [0.1, 0.15) is 11.3 Å². The quantitative estimate of drug-likeness (QED) is 0.169. The Morgan fingerprint density at radius 3 is 1.69 bits per heavy atom. The predicted octanol–water partition coefficient (Wildman–Crippen LogP) is 1.98. The van der Waals surface area contributed by atoms with Crippen molar-refractivity contribution in [3.05, 3.63) is 40.8 Å². The summed E-state index contributed by atoms with van der Waals surface area (Å²) in [6.45, 7) is 4.23. The van der Waals surface area contributed by atoms with Crippen molar-refractivity contribution in [1.82, 2.24) is 0 Å². The molecule has 3 rings (SSSR count). The highest BCUT2D eigenvalue weighted by atomic mass is 16.6. The van der Waals surface area contributed by atoms with Crippen molar-refractivity contribution >= 4 is 39.6 Å². The Morgan fingerprint density at radius 1 is 0.722 bits per heavy atom. The van der Waals surface area contributed by atoms with Gasteiger partial charge in [-0.1, -0.05) is 0 Å². The maximum atomic E-state index is 12.7. The van der Waals surface area contributed by atoms with E-state index in [4.69, 9.17) is 18.6 Å². The van der Waals surface area contributed by atoms with Gasteiger partial charge in [0, 0.05) is 16.8 Å². The zero-order chi connectivity index (χ0) is 26.6. The Labute approximate surface area is 204 Å². The van der Waals surface area contributed by atoms with Gasteiger partial charge < -0.3 is 33.9 Å². The molecule has 0 amide bonds. The second-order valence-electron chi connectivity index (χ2n) is 8.47. The van der Waals surface area contributed by atoms with Crippen LogP contribution >= 0.6 is 0 Å². The van der Waals surface area contributed by atoms with Crippen LogP contribution in [0.5, 0.6) is 17.2 Å². The van der Waals surface area contributed by atoms with Gasteiger partial charge in [-0.05, 0) is 45.0 Å². The fourth-order valence-electron chi connectivity index (χ4n) is 3.36. The fraction of sp³-hybridized carbons (Fsp3) is 0.360. The van der Waals surface area contributed by atoms with Crippen LogP contribution in [0.2, 0.25) is 0 Å². The van der Waals surface area contributed by atoms with Crippen molar-refractivity contribution in [2.24, 2.45) is 0 Å². The maximum absolute atomic E-state index is 12.7. The Bertz CT molecular complexity index is 1350. The summed E-state index contributed by atoms with van der Waals surface area (Å²) in [4.78, 5) is 49.0. The molecule has 0 radical (unpaired) electrons. The molecule has 36 heavy (non-hydrogen) atoms. The normalized spacial score (nSPS) is 13.7. The molecule has 0 fully saturated rings. The van der Waals surface area contributed by atoms with Gasteiger partial charge in [0.05, 0.1) is 43.0 Å². The molecule has 11 heteroatoms. The van der Waals surface area contributed by atoms with Gasteiger partial charge in [-0.2, -0.15) is 0 Å². The molecule has 0 spiro atoms. The van der Waals surface area contributed by atoms with Crippen LogP contribution in [0, 0.1) is 0 Å². The lowest BCUT2D eigenvalue weighted by Gasteiger charge is -2.14. The molecular formula is C25H26O11. The summed E-state index contributed by atoms with van der Waals surface area (Å²) in [7, 11) is 0. The first-order valence-corrected chi connectivity index (χ1v) is 11.1. The number of benzene rings is 2. The van der Waals surface area contributed by atoms with Crippen LogP contribution in [0.4, 0.5) is 0 Å². The lowest BCUT2D eigenvalue weighted by molar-refractivity contribution is -0.139. The molecule has 3 atom stereocenters. The third kappa shape index (κ3) is 6.87. The number of rotatable bonds is 9. The zero-order valence-corrected chi connectivity index (χ0v) is 19.8. The number of carbonyl (C=O) groups is 3. The summed E-state index contributed by atoms with van der Waals surface area (Å²) in [5.74, 6) is -2.66. The van der Waals surface area contributed by atoms with E-state index < -0.39 is 41.8 Å². The summed E-state index contributed by atoms with van der Waals surface area (Å²) >= 11 is 0. The third-order valence-corrected chi connectivity index (χ3v) is 4.82. The van der Waals surface area contributed by atoms with Gasteiger partial charge in [-0.25, -0.2) is 4.79 Å². The maximum Gasteiger partial charge on any atom is 0.344 e. The zero-order valence-electron chi connectivity index (χ0n) is 19.8. The average molecular weight is 502 g/mol. The van der Waals surface area contributed by atoms with Gasteiger partial charge in [-0.15, -0.1) is 0 Å². The SMILES string of the molecule is C[C@@H](O)CC(=O)Oc1ccc2c(c1)oc(=O)c1cc(OC(=O)C[C@@H](C)O)c(OC(=O)C[C@@H](C)O)cc12. The summed E-state index contributed by atoms with van der Waals surface area (Å²) in [5.41, 5.74) is -0.741. The van der Waals surface area contributed by atoms with E-state index in [0.717, 1.165) is 0 Å². The van der Waals surface area contributed by atoms with Crippen molar-refractivity contribution in [2.75, 3.05) is 0 Å². The van der Waals surface area contributed by atoms with Crippen molar-refractivity contribution < 1.29 is 48.3 Å². The van der Waals surface area contributed by atoms with Gasteiger partial charge in [-0.3, -0.25) is 14.4 Å². The van der Waals surface area contributed by atoms with E-state index in [2.05, 4.69) is 0 Å². The third-order valence-electron chi connectivity index (χ3n) is 4.82. The smallest absolute Gasteiger partial charge is 0.344 e. The molecule has 3 N–H and O–H groups in total. The summed E-state index contributed by atoms with van der Waals surface area (Å²) in [5, 5.41) is 29.0. The number of carbonyl (C=O) groups excluding carboxylic acids is 3. The lowest BCUT2D eigenvalue weighted by atomic mass is 10.1. The topological polar surface area (TPSA) is 170 Å². The molecule has 0 aliphatic rings. The largest absolute Gasteiger partial charge is 0.426 e. The summed E-state index contributed by atoms with van der Waals surface area (Å²) in [6.07, 6.45) is -3.77. The minimum absolute atomic E-state index is 0.0107. The number of aliphatic hydroxyl groups excluding tert-OH is 3. The van der Waals surface area contributed by atoms with Crippen molar-refractivity contribution in [1.29, 1.82) is 0 Å². The van der Waals surface area contributed by atoms with Gasteiger partial charge in [0.25, 0.3) is 0 Å². The number of hydrogen-bond acceptors (Lipinski definition) is 11. The number of hydrogen-bond donors (Lipinski definition) is 3. The van der Waals surface area contributed by atoms with E-state index in [0.29, 0.717) is 10.8 Å². The Balaban J connectivity index is 2.10. The summed E-state index contributed by atoms with van der Waals surface area (Å²) in [6, 6.07) is 6.80. The minimum Gasteiger partial charge on any atom is -0.426 e. The second-order valence-corrected chi connectivity index (χ2v) is 8.47. The van der Waals surface area contributed by atoms with Crippen molar-refractivity contribution in [2.45, 2.75) is 58.3 Å². The number of ether oxygens (including phenoxy) is 3. The van der Waals surface area contributed by atoms with E-state index >= 15 is 0 Å². The van der Waals surface area contributed by atoms with Crippen LogP contribution < -0.4 is 19.8 Å². The minimum atomic E-state index is -0.989. The first-order valence-electron chi connectivity index (χ1n) is 11.1. The monoisotopic (exact) mass is 502 g/mol. The van der Waals surface area contributed by atoms with E-state index in [-0.39, 0.29) is 47.5 Å². The molecule has 0 saturated carbocycles. The van der Waals surface area contributed by atoms with Gasteiger partial charge in [0.15, 0.2) is 11.5 Å². The second kappa shape index (κ2) is 11.3. The Hall–Kier alpha value is -3.80. The Morgan fingerprint density at radius 2 is 1.19 bits per heavy atom. The van der Waals surface area contributed by atoms with Crippen LogP contribution in [-0.2, 0) is 14.4 Å². The van der Waals surface area contributed by atoms with Crippen LogP contribution in [0.3, 0.4) is 0 Å². The molecule has 3 aromatic rings. The summed E-state index contributed by atoms with van der Waals surface area (Å²) < 4.78 is 21.1. The molecule has 0 bridgehead atoms. The molecule has 0 saturated heterocycles. The first-order chi connectivity index (χ1) is 16.9.